The molecule has 1 aliphatic rings. The standard InChI is InChI=1S/C20H23N5OS/c1-21-19(22-13-17-14-25-10-11-27-20(25)23-17)24-8-6-15(7-9-24)16-4-3-5-18(12-16)26-2/h3-6,10-12,14H,7-9,13H2,1-2H3,(H,21,22). The molecular weight excluding hydrogens is 358 g/mol. The van der Waals surface area contributed by atoms with Gasteiger partial charge in [-0.1, -0.05) is 18.2 Å². The molecule has 0 saturated carbocycles. The van der Waals surface area contributed by atoms with E-state index in [9.17, 15) is 0 Å². The summed E-state index contributed by atoms with van der Waals surface area (Å²) in [6, 6.07) is 8.25. The van der Waals surface area contributed by atoms with Crippen molar-refractivity contribution in [2.24, 2.45) is 4.99 Å². The maximum Gasteiger partial charge on any atom is 0.194 e. The first-order chi connectivity index (χ1) is 13.3. The van der Waals surface area contributed by atoms with Crippen LogP contribution in [0.4, 0.5) is 0 Å². The van der Waals surface area contributed by atoms with Crippen LogP contribution in [0.15, 0.2) is 53.1 Å². The first-order valence-electron chi connectivity index (χ1n) is 8.97. The number of aliphatic imine (C=N–C) groups is 1. The van der Waals surface area contributed by atoms with Crippen LogP contribution in [0.25, 0.3) is 10.5 Å². The van der Waals surface area contributed by atoms with Crippen LogP contribution in [0.3, 0.4) is 0 Å². The van der Waals surface area contributed by atoms with Gasteiger partial charge in [-0.15, -0.1) is 11.3 Å². The van der Waals surface area contributed by atoms with Gasteiger partial charge in [-0.05, 0) is 29.7 Å². The first kappa shape index (κ1) is 17.6. The number of methoxy groups -OCH3 is 1. The second-order valence-corrected chi connectivity index (χ2v) is 7.26. The molecule has 0 radical (unpaired) electrons. The highest BCUT2D eigenvalue weighted by Gasteiger charge is 2.17. The number of benzene rings is 1. The quantitative estimate of drug-likeness (QED) is 0.557. The summed E-state index contributed by atoms with van der Waals surface area (Å²) in [7, 11) is 3.53. The van der Waals surface area contributed by atoms with Gasteiger partial charge in [0.2, 0.25) is 0 Å². The van der Waals surface area contributed by atoms with Gasteiger partial charge in [-0.25, -0.2) is 4.98 Å². The van der Waals surface area contributed by atoms with E-state index in [-0.39, 0.29) is 0 Å². The van der Waals surface area contributed by atoms with E-state index in [0.29, 0.717) is 6.54 Å². The zero-order chi connectivity index (χ0) is 18.6. The molecule has 0 spiro atoms. The van der Waals surface area contributed by atoms with Gasteiger partial charge in [0.05, 0.1) is 19.3 Å². The van der Waals surface area contributed by atoms with Crippen molar-refractivity contribution in [3.8, 4) is 5.75 Å². The van der Waals surface area contributed by atoms with Gasteiger partial charge in [-0.2, -0.15) is 0 Å². The highest BCUT2D eigenvalue weighted by Crippen LogP contribution is 2.25. The third-order valence-corrected chi connectivity index (χ3v) is 5.50. The Balaban J connectivity index is 1.39. The highest BCUT2D eigenvalue weighted by atomic mass is 32.1. The van der Waals surface area contributed by atoms with Gasteiger partial charge in [0.1, 0.15) is 5.75 Å². The number of aromatic nitrogens is 2. The fourth-order valence-electron chi connectivity index (χ4n) is 3.31. The summed E-state index contributed by atoms with van der Waals surface area (Å²) < 4.78 is 7.39. The minimum absolute atomic E-state index is 0.671. The molecule has 27 heavy (non-hydrogen) atoms. The Morgan fingerprint density at radius 1 is 1.41 bits per heavy atom. The van der Waals surface area contributed by atoms with Crippen molar-refractivity contribution in [3.05, 3.63) is 59.4 Å². The molecule has 1 aromatic carbocycles. The van der Waals surface area contributed by atoms with Gasteiger partial charge in [0.25, 0.3) is 0 Å². The predicted molar refractivity (Wildman–Crippen MR) is 110 cm³/mol. The van der Waals surface area contributed by atoms with Crippen LogP contribution >= 0.6 is 11.3 Å². The second kappa shape index (κ2) is 7.84. The third kappa shape index (κ3) is 3.83. The molecule has 1 aliphatic heterocycles. The lowest BCUT2D eigenvalue weighted by Crippen LogP contribution is -2.43. The molecule has 0 atom stereocenters. The smallest absolute Gasteiger partial charge is 0.194 e. The molecule has 0 amide bonds. The number of hydrogen-bond acceptors (Lipinski definition) is 4. The Labute approximate surface area is 162 Å². The Bertz CT molecular complexity index is 959. The first-order valence-corrected chi connectivity index (χ1v) is 9.85. The summed E-state index contributed by atoms with van der Waals surface area (Å²) in [5.74, 6) is 1.81. The Hall–Kier alpha value is -2.80. The number of ether oxygens (including phenoxy) is 1. The van der Waals surface area contributed by atoms with E-state index in [1.807, 2.05) is 30.8 Å². The largest absolute Gasteiger partial charge is 0.497 e. The molecule has 3 heterocycles. The van der Waals surface area contributed by atoms with Gasteiger partial charge in [-0.3, -0.25) is 9.39 Å². The van der Waals surface area contributed by atoms with Crippen molar-refractivity contribution in [2.45, 2.75) is 13.0 Å². The molecule has 0 unspecified atom stereocenters. The van der Waals surface area contributed by atoms with Gasteiger partial charge in [0.15, 0.2) is 10.9 Å². The monoisotopic (exact) mass is 381 g/mol. The van der Waals surface area contributed by atoms with Crippen molar-refractivity contribution in [3.63, 3.8) is 0 Å². The van der Waals surface area contributed by atoms with Crippen LogP contribution in [-0.2, 0) is 6.54 Å². The van der Waals surface area contributed by atoms with Crippen LogP contribution in [-0.4, -0.2) is 47.5 Å². The molecule has 140 valence electrons. The van der Waals surface area contributed by atoms with Crippen LogP contribution in [0.5, 0.6) is 5.75 Å². The van der Waals surface area contributed by atoms with E-state index in [1.54, 1.807) is 18.4 Å². The van der Waals surface area contributed by atoms with Gasteiger partial charge in [0, 0.05) is 37.9 Å². The summed E-state index contributed by atoms with van der Waals surface area (Å²) in [5.41, 5.74) is 3.61. The summed E-state index contributed by atoms with van der Waals surface area (Å²) >= 11 is 1.64. The molecule has 4 rings (SSSR count). The molecule has 7 heteroatoms. The lowest BCUT2D eigenvalue weighted by molar-refractivity contribution is 0.414. The highest BCUT2D eigenvalue weighted by molar-refractivity contribution is 7.15. The number of fused-ring (bicyclic) bond motifs is 1. The van der Waals surface area contributed by atoms with E-state index in [0.717, 1.165) is 41.9 Å². The molecule has 3 aromatic rings. The minimum Gasteiger partial charge on any atom is -0.497 e. The molecule has 2 aromatic heterocycles. The minimum atomic E-state index is 0.671. The number of imidazole rings is 1. The number of nitrogens with one attached hydrogen (secondary N) is 1. The lowest BCUT2D eigenvalue weighted by Gasteiger charge is -2.29. The van der Waals surface area contributed by atoms with Crippen LogP contribution in [0.2, 0.25) is 0 Å². The average molecular weight is 382 g/mol. The summed E-state index contributed by atoms with van der Waals surface area (Å²) in [6.45, 7) is 2.44. The molecule has 0 saturated heterocycles. The van der Waals surface area contributed by atoms with Crippen molar-refractivity contribution < 1.29 is 4.74 Å². The summed E-state index contributed by atoms with van der Waals surface area (Å²) in [5, 5.41) is 5.47. The third-order valence-electron chi connectivity index (χ3n) is 4.73. The van der Waals surface area contributed by atoms with Gasteiger partial charge < -0.3 is 15.0 Å². The predicted octanol–water partition coefficient (Wildman–Crippen LogP) is 3.27. The van der Waals surface area contributed by atoms with E-state index < -0.39 is 0 Å². The van der Waals surface area contributed by atoms with E-state index >= 15 is 0 Å². The Morgan fingerprint density at radius 3 is 3.07 bits per heavy atom. The van der Waals surface area contributed by atoms with Crippen molar-refractivity contribution in [1.29, 1.82) is 0 Å². The van der Waals surface area contributed by atoms with Crippen LogP contribution in [0.1, 0.15) is 17.7 Å². The molecular formula is C20H23N5OS. The van der Waals surface area contributed by atoms with E-state index in [1.165, 1.54) is 11.1 Å². The number of guanidine groups is 1. The van der Waals surface area contributed by atoms with E-state index in [4.69, 9.17) is 4.74 Å². The molecule has 6 nitrogen and oxygen atoms in total. The molecule has 0 fully saturated rings. The number of thiazole rings is 1. The molecule has 0 aliphatic carbocycles. The molecule has 0 bridgehead atoms. The summed E-state index contributed by atoms with van der Waals surface area (Å²) in [4.78, 5) is 12.3. The zero-order valence-corrected chi connectivity index (χ0v) is 16.4. The van der Waals surface area contributed by atoms with Crippen LogP contribution < -0.4 is 10.1 Å². The van der Waals surface area contributed by atoms with Crippen molar-refractivity contribution >= 4 is 27.8 Å². The fourth-order valence-corrected chi connectivity index (χ4v) is 4.03. The van der Waals surface area contributed by atoms with Gasteiger partial charge >= 0.3 is 0 Å². The number of hydrogen-bond donors (Lipinski definition) is 1. The van der Waals surface area contributed by atoms with Crippen molar-refractivity contribution in [1.82, 2.24) is 19.6 Å². The molecule has 1 N–H and O–H groups in total. The number of nitrogens with zero attached hydrogens (tertiary/aromatic N) is 4. The summed E-state index contributed by atoms with van der Waals surface area (Å²) in [6.07, 6.45) is 7.34. The Kier molecular flexibility index (Phi) is 5.11. The maximum atomic E-state index is 5.34. The second-order valence-electron chi connectivity index (χ2n) is 6.38. The maximum absolute atomic E-state index is 5.34. The number of rotatable bonds is 4. The fraction of sp³-hybridized carbons (Fsp3) is 0.300. The normalized spacial score (nSPS) is 15.1. The van der Waals surface area contributed by atoms with Crippen LogP contribution in [0, 0.1) is 0 Å². The topological polar surface area (TPSA) is 54.2 Å². The zero-order valence-electron chi connectivity index (χ0n) is 15.6. The SMILES string of the molecule is CN=C(NCc1cn2ccsc2n1)N1CC=C(c2cccc(OC)c2)CC1. The van der Waals surface area contributed by atoms with Crippen molar-refractivity contribution in [2.75, 3.05) is 27.2 Å². The lowest BCUT2D eigenvalue weighted by atomic mass is 9.99. The average Bonchev–Trinajstić information content (AvgIpc) is 3.31. The van der Waals surface area contributed by atoms with E-state index in [2.05, 4.69) is 49.0 Å². The Morgan fingerprint density at radius 2 is 2.33 bits per heavy atom.